The number of nitrogens with two attached hydrogens (primary N) is 1. The van der Waals surface area contributed by atoms with Crippen molar-refractivity contribution in [1.29, 1.82) is 0 Å². The van der Waals surface area contributed by atoms with E-state index >= 15 is 0 Å². The predicted molar refractivity (Wildman–Crippen MR) is 78.6 cm³/mol. The molecule has 0 heterocycles. The Hall–Kier alpha value is -0.450. The van der Waals surface area contributed by atoms with Gasteiger partial charge in [-0.3, -0.25) is 0 Å². The molecule has 3 heteroatoms. The minimum absolute atomic E-state index is 0.468. The minimum Gasteiger partial charge on any atom is -0.397 e. The van der Waals surface area contributed by atoms with Crippen LogP contribution in [0.4, 0.5) is 11.4 Å². The van der Waals surface area contributed by atoms with Gasteiger partial charge in [-0.15, -0.1) is 0 Å². The first kappa shape index (κ1) is 12.0. The van der Waals surface area contributed by atoms with E-state index in [4.69, 9.17) is 5.73 Å². The average molecular weight is 330 g/mol. The Morgan fingerprint density at radius 1 is 1.38 bits per heavy atom. The normalized spacial score (nSPS) is 18.6. The van der Waals surface area contributed by atoms with Gasteiger partial charge in [0.25, 0.3) is 0 Å². The van der Waals surface area contributed by atoms with Gasteiger partial charge in [-0.1, -0.05) is 19.8 Å². The maximum Gasteiger partial charge on any atom is 0.0574 e. The number of hydrogen-bond donors (Lipinski definition) is 2. The molecule has 0 atom stereocenters. The number of halogens is 1. The third-order valence-corrected chi connectivity index (χ3v) is 4.20. The lowest BCUT2D eigenvalue weighted by molar-refractivity contribution is 0.362. The van der Waals surface area contributed by atoms with Gasteiger partial charge >= 0.3 is 0 Å². The van der Waals surface area contributed by atoms with Gasteiger partial charge in [0, 0.05) is 10.1 Å². The van der Waals surface area contributed by atoms with Crippen LogP contribution < -0.4 is 11.1 Å². The number of benzene rings is 1. The molecular formula is C13H19IN2. The van der Waals surface area contributed by atoms with Crippen LogP contribution in [0, 0.1) is 8.99 Å². The van der Waals surface area contributed by atoms with Crippen molar-refractivity contribution in [3.05, 3.63) is 21.8 Å². The highest BCUT2D eigenvalue weighted by molar-refractivity contribution is 14.1. The van der Waals surface area contributed by atoms with Crippen LogP contribution in [-0.2, 0) is 0 Å². The fourth-order valence-corrected chi connectivity index (χ4v) is 2.92. The Bertz CT molecular complexity index is 370. The summed E-state index contributed by atoms with van der Waals surface area (Å²) < 4.78 is 1.19. The molecule has 0 saturated heterocycles. The second-order valence-corrected chi connectivity index (χ2v) is 6.35. The molecule has 1 aromatic rings. The molecule has 3 N–H and O–H groups in total. The van der Waals surface area contributed by atoms with E-state index in [0.717, 1.165) is 17.9 Å². The van der Waals surface area contributed by atoms with Crippen LogP contribution in [0.15, 0.2) is 18.2 Å². The second kappa shape index (κ2) is 4.82. The Morgan fingerprint density at radius 3 is 2.69 bits per heavy atom. The molecule has 1 aliphatic rings. The summed E-state index contributed by atoms with van der Waals surface area (Å²) in [5.41, 5.74) is 8.38. The number of hydrogen-bond acceptors (Lipinski definition) is 2. The van der Waals surface area contributed by atoms with Gasteiger partial charge in [0.05, 0.1) is 11.4 Å². The third kappa shape index (κ3) is 2.81. The Balaban J connectivity index is 1.99. The van der Waals surface area contributed by atoms with E-state index in [1.54, 1.807) is 0 Å². The van der Waals surface area contributed by atoms with Crippen molar-refractivity contribution in [3.8, 4) is 0 Å². The molecule has 0 aliphatic heterocycles. The highest BCUT2D eigenvalue weighted by Gasteiger charge is 2.28. The second-order valence-electron chi connectivity index (χ2n) is 5.10. The average Bonchev–Trinajstić information content (AvgIpc) is 2.64. The number of anilines is 2. The maximum absolute atomic E-state index is 5.98. The van der Waals surface area contributed by atoms with Gasteiger partial charge in [0.1, 0.15) is 0 Å². The van der Waals surface area contributed by atoms with Crippen LogP contribution in [-0.4, -0.2) is 6.54 Å². The summed E-state index contributed by atoms with van der Waals surface area (Å²) in [6.45, 7) is 3.41. The SMILES string of the molecule is CC1(CNc2ccc(I)cc2N)CCCC1. The minimum atomic E-state index is 0.468. The van der Waals surface area contributed by atoms with Gasteiger partial charge in [0.2, 0.25) is 0 Å². The van der Waals surface area contributed by atoms with E-state index in [2.05, 4.69) is 47.0 Å². The molecule has 0 aromatic heterocycles. The molecule has 16 heavy (non-hydrogen) atoms. The van der Waals surface area contributed by atoms with Crippen LogP contribution in [0.2, 0.25) is 0 Å². The van der Waals surface area contributed by atoms with Crippen molar-refractivity contribution in [2.24, 2.45) is 5.41 Å². The van der Waals surface area contributed by atoms with Gasteiger partial charge in [-0.25, -0.2) is 0 Å². The molecular weight excluding hydrogens is 311 g/mol. The van der Waals surface area contributed by atoms with Crippen molar-refractivity contribution in [3.63, 3.8) is 0 Å². The summed E-state index contributed by atoms with van der Waals surface area (Å²) in [5, 5.41) is 3.49. The molecule has 1 fully saturated rings. The number of nitrogens with one attached hydrogen (secondary N) is 1. The molecule has 0 unspecified atom stereocenters. The first-order chi connectivity index (χ1) is 7.59. The van der Waals surface area contributed by atoms with E-state index in [1.807, 2.05) is 6.07 Å². The molecule has 0 amide bonds. The molecule has 1 saturated carbocycles. The lowest BCUT2D eigenvalue weighted by atomic mass is 9.89. The van der Waals surface area contributed by atoms with Crippen LogP contribution in [0.1, 0.15) is 32.6 Å². The van der Waals surface area contributed by atoms with Crippen LogP contribution in [0.5, 0.6) is 0 Å². The quantitative estimate of drug-likeness (QED) is 0.652. The Morgan fingerprint density at radius 2 is 2.06 bits per heavy atom. The Labute approximate surface area is 111 Å². The highest BCUT2D eigenvalue weighted by Crippen LogP contribution is 2.37. The first-order valence-corrected chi connectivity index (χ1v) is 6.96. The maximum atomic E-state index is 5.98. The van der Waals surface area contributed by atoms with Crippen molar-refractivity contribution < 1.29 is 0 Å². The third-order valence-electron chi connectivity index (χ3n) is 3.53. The zero-order valence-corrected chi connectivity index (χ0v) is 11.9. The van der Waals surface area contributed by atoms with Crippen LogP contribution in [0.25, 0.3) is 0 Å². The fraction of sp³-hybridized carbons (Fsp3) is 0.538. The van der Waals surface area contributed by atoms with Gasteiger partial charge in [-0.2, -0.15) is 0 Å². The monoisotopic (exact) mass is 330 g/mol. The van der Waals surface area contributed by atoms with E-state index in [9.17, 15) is 0 Å². The topological polar surface area (TPSA) is 38.0 Å². The van der Waals surface area contributed by atoms with Gasteiger partial charge < -0.3 is 11.1 Å². The van der Waals surface area contributed by atoms with Crippen molar-refractivity contribution in [2.75, 3.05) is 17.6 Å². The fourth-order valence-electron chi connectivity index (χ4n) is 2.41. The largest absolute Gasteiger partial charge is 0.397 e. The molecule has 88 valence electrons. The first-order valence-electron chi connectivity index (χ1n) is 5.88. The lowest BCUT2D eigenvalue weighted by Gasteiger charge is -2.24. The van der Waals surface area contributed by atoms with E-state index in [-0.39, 0.29) is 0 Å². The molecule has 0 spiro atoms. The zero-order valence-electron chi connectivity index (χ0n) is 9.72. The molecule has 2 rings (SSSR count). The smallest absolute Gasteiger partial charge is 0.0574 e. The van der Waals surface area contributed by atoms with Crippen LogP contribution in [0.3, 0.4) is 0 Å². The molecule has 1 aliphatic carbocycles. The summed E-state index contributed by atoms with van der Waals surface area (Å²) in [7, 11) is 0. The summed E-state index contributed by atoms with van der Waals surface area (Å²) in [4.78, 5) is 0. The summed E-state index contributed by atoms with van der Waals surface area (Å²) in [5.74, 6) is 0. The molecule has 0 bridgehead atoms. The summed E-state index contributed by atoms with van der Waals surface area (Å²) >= 11 is 2.28. The molecule has 0 radical (unpaired) electrons. The molecule has 2 nitrogen and oxygen atoms in total. The zero-order chi connectivity index (χ0) is 11.6. The van der Waals surface area contributed by atoms with Crippen molar-refractivity contribution >= 4 is 34.0 Å². The predicted octanol–water partition coefficient (Wildman–Crippen LogP) is 3.87. The van der Waals surface area contributed by atoms with Crippen molar-refractivity contribution in [1.82, 2.24) is 0 Å². The van der Waals surface area contributed by atoms with E-state index < -0.39 is 0 Å². The van der Waals surface area contributed by atoms with Crippen LogP contribution >= 0.6 is 22.6 Å². The molecule has 1 aromatic carbocycles. The number of nitrogen functional groups attached to an aromatic ring is 1. The van der Waals surface area contributed by atoms with E-state index in [1.165, 1.54) is 29.3 Å². The summed E-state index contributed by atoms with van der Waals surface area (Å²) in [6, 6.07) is 6.19. The Kier molecular flexibility index (Phi) is 3.62. The number of rotatable bonds is 3. The lowest BCUT2D eigenvalue weighted by Crippen LogP contribution is -2.23. The van der Waals surface area contributed by atoms with Gasteiger partial charge in [-0.05, 0) is 59.0 Å². The van der Waals surface area contributed by atoms with Crippen molar-refractivity contribution in [2.45, 2.75) is 32.6 Å². The highest BCUT2D eigenvalue weighted by atomic mass is 127. The van der Waals surface area contributed by atoms with Gasteiger partial charge in [0.15, 0.2) is 0 Å². The standard InChI is InChI=1S/C13H19IN2/c1-13(6-2-3-7-13)9-16-12-5-4-10(14)8-11(12)15/h4-5,8,16H,2-3,6-7,9,15H2,1H3. The van der Waals surface area contributed by atoms with E-state index in [0.29, 0.717) is 5.41 Å². The summed E-state index contributed by atoms with van der Waals surface area (Å²) in [6.07, 6.45) is 5.43.